The van der Waals surface area contributed by atoms with E-state index in [1.165, 1.54) is 5.56 Å². The highest BCUT2D eigenvalue weighted by Crippen LogP contribution is 2.27. The lowest BCUT2D eigenvalue weighted by molar-refractivity contribution is -0.116. The van der Waals surface area contributed by atoms with E-state index in [0.29, 0.717) is 31.6 Å². The molecule has 4 aromatic rings. The van der Waals surface area contributed by atoms with Crippen molar-refractivity contribution in [3.05, 3.63) is 101 Å². The van der Waals surface area contributed by atoms with Crippen molar-refractivity contribution >= 4 is 28.4 Å². The third-order valence-corrected chi connectivity index (χ3v) is 7.25. The van der Waals surface area contributed by atoms with E-state index in [4.69, 9.17) is 4.74 Å². The summed E-state index contributed by atoms with van der Waals surface area (Å²) in [5, 5.41) is 7.04. The maximum absolute atomic E-state index is 13.4. The Bertz CT molecular complexity index is 1440. The molecule has 0 saturated carbocycles. The van der Waals surface area contributed by atoms with Crippen molar-refractivity contribution < 1.29 is 14.3 Å². The van der Waals surface area contributed by atoms with Crippen molar-refractivity contribution in [2.24, 2.45) is 0 Å². The molecule has 1 aliphatic rings. The molecule has 6 nitrogen and oxygen atoms in total. The molecule has 1 aromatic heterocycles. The van der Waals surface area contributed by atoms with Crippen LogP contribution in [0.4, 0.5) is 5.69 Å². The first-order chi connectivity index (χ1) is 18.4. The molecule has 3 aromatic carbocycles. The summed E-state index contributed by atoms with van der Waals surface area (Å²) in [6.45, 7) is 5.90. The molecule has 0 bridgehead atoms. The number of nitrogens with zero attached hydrogens (tertiary/aromatic N) is 1. The first-order valence-corrected chi connectivity index (χ1v) is 13.3. The molecule has 1 aliphatic heterocycles. The minimum atomic E-state index is -0.319. The van der Waals surface area contributed by atoms with Crippen molar-refractivity contribution in [3.63, 3.8) is 0 Å². The van der Waals surface area contributed by atoms with Gasteiger partial charge in [-0.2, -0.15) is 0 Å². The van der Waals surface area contributed by atoms with Gasteiger partial charge >= 0.3 is 0 Å². The van der Waals surface area contributed by atoms with Gasteiger partial charge in [0.25, 0.3) is 5.91 Å². The number of anilines is 1. The number of aryl methyl sites for hydroxylation is 2. The van der Waals surface area contributed by atoms with Gasteiger partial charge in [0.15, 0.2) is 0 Å². The number of ether oxygens (including phenoxy) is 1. The van der Waals surface area contributed by atoms with E-state index in [1.807, 2.05) is 60.7 Å². The van der Waals surface area contributed by atoms with E-state index < -0.39 is 0 Å². The number of hydrogen-bond donors (Lipinski definition) is 2. The summed E-state index contributed by atoms with van der Waals surface area (Å²) in [7, 11) is 0. The number of benzene rings is 3. The number of aromatic nitrogens is 1. The molecule has 0 unspecified atom stereocenters. The Morgan fingerprint density at radius 1 is 0.974 bits per heavy atom. The first-order valence-electron chi connectivity index (χ1n) is 13.3. The van der Waals surface area contributed by atoms with Crippen LogP contribution in [0.2, 0.25) is 0 Å². The van der Waals surface area contributed by atoms with Gasteiger partial charge in [-0.1, -0.05) is 60.2 Å². The first kappa shape index (κ1) is 25.7. The fraction of sp³-hybridized carbons (Fsp3) is 0.312. The second kappa shape index (κ2) is 11.2. The normalized spacial score (nSPS) is 17.0. The van der Waals surface area contributed by atoms with Gasteiger partial charge < -0.3 is 19.9 Å². The summed E-state index contributed by atoms with van der Waals surface area (Å²) < 4.78 is 7.92. The van der Waals surface area contributed by atoms with Gasteiger partial charge in [0.1, 0.15) is 5.69 Å². The summed E-state index contributed by atoms with van der Waals surface area (Å²) in [6.07, 6.45) is 3.05. The van der Waals surface area contributed by atoms with Crippen LogP contribution in [-0.4, -0.2) is 35.1 Å². The maximum atomic E-state index is 13.4. The third kappa shape index (κ3) is 6.14. The zero-order valence-electron chi connectivity index (χ0n) is 22.1. The maximum Gasteiger partial charge on any atom is 0.268 e. The predicted molar refractivity (Wildman–Crippen MR) is 152 cm³/mol. The predicted octanol–water partition coefficient (Wildman–Crippen LogP) is 5.87. The van der Waals surface area contributed by atoms with Crippen LogP contribution in [0.5, 0.6) is 0 Å². The smallest absolute Gasteiger partial charge is 0.268 e. The van der Waals surface area contributed by atoms with Crippen molar-refractivity contribution in [1.29, 1.82) is 0 Å². The average Bonchev–Trinajstić information content (AvgIpc) is 3.50. The fourth-order valence-corrected chi connectivity index (χ4v) is 5.16. The number of rotatable bonds is 9. The average molecular weight is 510 g/mol. The monoisotopic (exact) mass is 509 g/mol. The lowest BCUT2D eigenvalue weighted by atomic mass is 10.0. The minimum absolute atomic E-state index is 0.0322. The molecule has 2 N–H and O–H groups in total. The molecule has 1 fully saturated rings. The molecular formula is C32H35N3O3. The number of amides is 2. The third-order valence-electron chi connectivity index (χ3n) is 7.25. The minimum Gasteiger partial charge on any atom is -0.373 e. The van der Waals surface area contributed by atoms with Gasteiger partial charge in [0.2, 0.25) is 5.91 Å². The van der Waals surface area contributed by atoms with Crippen LogP contribution in [-0.2, 0) is 22.5 Å². The lowest BCUT2D eigenvalue weighted by Gasteiger charge is -2.23. The highest BCUT2D eigenvalue weighted by Gasteiger charge is 2.30. The fourth-order valence-electron chi connectivity index (χ4n) is 5.16. The Morgan fingerprint density at radius 2 is 1.79 bits per heavy atom. The van der Waals surface area contributed by atoms with Crippen LogP contribution in [0.15, 0.2) is 78.9 Å². The standard InChI is InChI=1S/C32H35N3O3/c1-23-8-6-11-25(18-23)21-35-28-14-13-27(34-30(36)15-12-24-9-4-3-5-10-24)19-26(28)20-29(35)31(37)33-22-32(2)16-7-17-38-32/h3-6,8-11,13-14,18-20H,7,12,15-17,21-22H2,1-2H3,(H,33,37)(H,34,36)/t32-/m1/s1. The summed E-state index contributed by atoms with van der Waals surface area (Å²) in [5.41, 5.74) is 5.39. The van der Waals surface area contributed by atoms with Crippen LogP contribution >= 0.6 is 0 Å². The summed E-state index contributed by atoms with van der Waals surface area (Å²) >= 11 is 0. The number of carbonyl (C=O) groups is 2. The SMILES string of the molecule is Cc1cccc(Cn2c(C(=O)NC[C@@]3(C)CCCO3)cc3cc(NC(=O)CCc4ccccc4)ccc32)c1. The van der Waals surface area contributed by atoms with Crippen LogP contribution in [0.1, 0.15) is 53.4 Å². The summed E-state index contributed by atoms with van der Waals surface area (Å²) in [6, 6.07) is 26.1. The molecule has 196 valence electrons. The second-order valence-electron chi connectivity index (χ2n) is 10.5. The van der Waals surface area contributed by atoms with E-state index in [9.17, 15) is 9.59 Å². The van der Waals surface area contributed by atoms with Crippen molar-refractivity contribution in [2.75, 3.05) is 18.5 Å². The Hall–Kier alpha value is -3.90. The zero-order chi connectivity index (χ0) is 26.5. The van der Waals surface area contributed by atoms with Crippen LogP contribution in [0.25, 0.3) is 10.9 Å². The topological polar surface area (TPSA) is 72.4 Å². The number of carbonyl (C=O) groups excluding carboxylic acids is 2. The van der Waals surface area contributed by atoms with Crippen molar-refractivity contribution in [2.45, 2.75) is 51.7 Å². The molecule has 0 aliphatic carbocycles. The largest absolute Gasteiger partial charge is 0.373 e. The quantitative estimate of drug-likeness (QED) is 0.297. The van der Waals surface area contributed by atoms with Crippen LogP contribution in [0.3, 0.4) is 0 Å². The highest BCUT2D eigenvalue weighted by molar-refractivity contribution is 6.00. The number of hydrogen-bond acceptors (Lipinski definition) is 3. The number of nitrogens with one attached hydrogen (secondary N) is 2. The summed E-state index contributed by atoms with van der Waals surface area (Å²) in [4.78, 5) is 26.0. The summed E-state index contributed by atoms with van der Waals surface area (Å²) in [5.74, 6) is -0.158. The molecule has 6 heteroatoms. The molecule has 0 spiro atoms. The van der Waals surface area contributed by atoms with Crippen LogP contribution < -0.4 is 10.6 Å². The van der Waals surface area contributed by atoms with E-state index in [0.717, 1.165) is 47.2 Å². The Kier molecular flexibility index (Phi) is 7.61. The van der Waals surface area contributed by atoms with E-state index >= 15 is 0 Å². The Morgan fingerprint density at radius 3 is 2.55 bits per heavy atom. The lowest BCUT2D eigenvalue weighted by Crippen LogP contribution is -2.40. The molecular weight excluding hydrogens is 474 g/mol. The molecule has 0 radical (unpaired) electrons. The molecule has 5 rings (SSSR count). The van der Waals surface area contributed by atoms with Gasteiger partial charge in [0.05, 0.1) is 5.60 Å². The van der Waals surface area contributed by atoms with Crippen molar-refractivity contribution in [1.82, 2.24) is 9.88 Å². The Balaban J connectivity index is 1.37. The molecule has 38 heavy (non-hydrogen) atoms. The van der Waals surface area contributed by atoms with E-state index in [1.54, 1.807) is 0 Å². The second-order valence-corrected chi connectivity index (χ2v) is 10.5. The van der Waals surface area contributed by atoms with Gasteiger partial charge in [-0.15, -0.1) is 0 Å². The molecule has 2 amide bonds. The zero-order valence-corrected chi connectivity index (χ0v) is 22.1. The van der Waals surface area contributed by atoms with Gasteiger partial charge in [-0.3, -0.25) is 9.59 Å². The van der Waals surface area contributed by atoms with Gasteiger partial charge in [-0.25, -0.2) is 0 Å². The number of fused-ring (bicyclic) bond motifs is 1. The molecule has 2 heterocycles. The van der Waals surface area contributed by atoms with Crippen LogP contribution in [0, 0.1) is 6.92 Å². The molecule has 1 saturated heterocycles. The van der Waals surface area contributed by atoms with Gasteiger partial charge in [-0.05, 0) is 68.5 Å². The Labute approximate surface area is 224 Å². The van der Waals surface area contributed by atoms with Gasteiger partial charge in [0, 0.05) is 42.7 Å². The van der Waals surface area contributed by atoms with Crippen molar-refractivity contribution in [3.8, 4) is 0 Å². The molecule has 1 atom stereocenters. The van der Waals surface area contributed by atoms with E-state index in [2.05, 4.69) is 47.2 Å². The highest BCUT2D eigenvalue weighted by atomic mass is 16.5. The van der Waals surface area contributed by atoms with E-state index in [-0.39, 0.29) is 17.4 Å².